The van der Waals surface area contributed by atoms with Crippen molar-refractivity contribution in [1.82, 2.24) is 29.5 Å². The first-order valence-corrected chi connectivity index (χ1v) is 7.87. The van der Waals surface area contributed by atoms with E-state index < -0.39 is 0 Å². The van der Waals surface area contributed by atoms with Gasteiger partial charge in [0.05, 0.1) is 23.5 Å². The summed E-state index contributed by atoms with van der Waals surface area (Å²) in [6.07, 6.45) is 7.50. The van der Waals surface area contributed by atoms with Gasteiger partial charge in [-0.3, -0.25) is 4.68 Å². The summed E-state index contributed by atoms with van der Waals surface area (Å²) in [6.45, 7) is 0.535. The number of aromatic nitrogens is 6. The van der Waals surface area contributed by atoms with Crippen LogP contribution in [0.5, 0.6) is 0 Å². The predicted molar refractivity (Wildman–Crippen MR) is 91.9 cm³/mol. The summed E-state index contributed by atoms with van der Waals surface area (Å²) in [5, 5.41) is 12.4. The number of aryl methyl sites for hydroxylation is 3. The molecule has 3 aromatic heterocycles. The molecular weight excluding hydrogens is 321 g/mol. The Kier molecular flexibility index (Phi) is 3.85. The second-order valence-corrected chi connectivity index (χ2v) is 5.71. The lowest BCUT2D eigenvalue weighted by molar-refractivity contribution is 0.578. The van der Waals surface area contributed by atoms with Gasteiger partial charge >= 0.3 is 0 Å². The first kappa shape index (κ1) is 15.3. The molecule has 4 rings (SSSR count). The lowest BCUT2D eigenvalue weighted by Gasteiger charge is -2.06. The minimum Gasteiger partial charge on any atom is -0.321 e. The molecule has 0 spiro atoms. The Morgan fingerprint density at radius 2 is 2.00 bits per heavy atom. The van der Waals surface area contributed by atoms with E-state index >= 15 is 0 Å². The maximum Gasteiger partial charge on any atom is 0.229 e. The fourth-order valence-electron chi connectivity index (χ4n) is 2.63. The van der Waals surface area contributed by atoms with Crippen LogP contribution in [0.4, 0.5) is 16.0 Å². The largest absolute Gasteiger partial charge is 0.321 e. The average molecular weight is 337 g/mol. The third-order valence-electron chi connectivity index (χ3n) is 3.89. The minimum atomic E-state index is -0.201. The molecule has 126 valence electrons. The topological polar surface area (TPSA) is 73.5 Å². The zero-order valence-electron chi connectivity index (χ0n) is 13.6. The summed E-state index contributed by atoms with van der Waals surface area (Å²) in [6, 6.07) is 6.77. The Hall–Kier alpha value is -3.29. The van der Waals surface area contributed by atoms with Crippen molar-refractivity contribution in [3.05, 3.63) is 60.4 Å². The molecule has 1 aromatic carbocycles. The van der Waals surface area contributed by atoms with Crippen molar-refractivity contribution in [3.63, 3.8) is 0 Å². The molecule has 3 heterocycles. The van der Waals surface area contributed by atoms with Crippen molar-refractivity contribution in [3.8, 4) is 0 Å². The molecule has 0 fully saturated rings. The van der Waals surface area contributed by atoms with E-state index in [0.717, 1.165) is 11.1 Å². The maximum absolute atomic E-state index is 13.8. The third kappa shape index (κ3) is 3.18. The zero-order chi connectivity index (χ0) is 17.2. The second-order valence-electron chi connectivity index (χ2n) is 5.71. The minimum absolute atomic E-state index is 0.201. The monoisotopic (exact) mass is 337 g/mol. The molecule has 0 saturated carbocycles. The maximum atomic E-state index is 13.8. The van der Waals surface area contributed by atoms with E-state index in [1.807, 2.05) is 19.3 Å². The fraction of sp³-hybridized carbons (Fsp3) is 0.176. The molecule has 25 heavy (non-hydrogen) atoms. The Morgan fingerprint density at radius 3 is 2.80 bits per heavy atom. The van der Waals surface area contributed by atoms with Gasteiger partial charge in [-0.05, 0) is 18.1 Å². The number of nitrogens with one attached hydrogen (secondary N) is 1. The Balaban J connectivity index is 1.57. The lowest BCUT2D eigenvalue weighted by atomic mass is 10.1. The summed E-state index contributed by atoms with van der Waals surface area (Å²) in [4.78, 5) is 8.81. The van der Waals surface area contributed by atoms with E-state index in [9.17, 15) is 4.39 Å². The number of halogens is 1. The molecule has 8 heteroatoms. The van der Waals surface area contributed by atoms with Gasteiger partial charge in [-0.2, -0.15) is 15.2 Å². The Labute approximate surface area is 143 Å². The van der Waals surface area contributed by atoms with Gasteiger partial charge in [-0.1, -0.05) is 18.2 Å². The fourth-order valence-corrected chi connectivity index (χ4v) is 2.63. The summed E-state index contributed by atoms with van der Waals surface area (Å²) in [7, 11) is 1.84. The molecule has 0 radical (unpaired) electrons. The van der Waals surface area contributed by atoms with Crippen LogP contribution in [-0.2, 0) is 20.0 Å². The van der Waals surface area contributed by atoms with Crippen LogP contribution in [0.2, 0.25) is 0 Å². The molecule has 4 aromatic rings. The number of benzene rings is 1. The molecule has 0 atom stereocenters. The van der Waals surface area contributed by atoms with Gasteiger partial charge in [0.2, 0.25) is 5.95 Å². The Bertz CT molecular complexity index is 1020. The van der Waals surface area contributed by atoms with E-state index in [2.05, 4.69) is 25.5 Å². The molecule has 0 bridgehead atoms. The van der Waals surface area contributed by atoms with Crippen molar-refractivity contribution in [1.29, 1.82) is 0 Å². The van der Waals surface area contributed by atoms with E-state index in [1.165, 1.54) is 6.07 Å². The Morgan fingerprint density at radius 1 is 1.12 bits per heavy atom. The molecule has 0 aliphatic rings. The normalized spacial score (nSPS) is 11.1. The molecule has 0 amide bonds. The van der Waals surface area contributed by atoms with E-state index in [0.29, 0.717) is 30.1 Å². The van der Waals surface area contributed by atoms with Crippen molar-refractivity contribution in [2.75, 3.05) is 5.32 Å². The van der Waals surface area contributed by atoms with Crippen molar-refractivity contribution >= 4 is 22.7 Å². The number of fused-ring (bicyclic) bond motifs is 1. The third-order valence-corrected chi connectivity index (χ3v) is 3.89. The van der Waals surface area contributed by atoms with Crippen molar-refractivity contribution in [2.24, 2.45) is 7.05 Å². The molecular formula is C17H16FN7. The van der Waals surface area contributed by atoms with E-state index in [-0.39, 0.29) is 5.82 Å². The highest BCUT2D eigenvalue weighted by Gasteiger charge is 2.09. The van der Waals surface area contributed by atoms with Crippen LogP contribution in [0.15, 0.2) is 49.1 Å². The first-order valence-electron chi connectivity index (χ1n) is 7.87. The van der Waals surface area contributed by atoms with Crippen LogP contribution in [0.25, 0.3) is 11.0 Å². The number of hydrogen-bond donors (Lipinski definition) is 1. The van der Waals surface area contributed by atoms with Gasteiger partial charge in [-0.15, -0.1) is 0 Å². The quantitative estimate of drug-likeness (QED) is 0.606. The number of hydrogen-bond acceptors (Lipinski definition) is 5. The van der Waals surface area contributed by atoms with Crippen LogP contribution < -0.4 is 5.32 Å². The summed E-state index contributed by atoms with van der Waals surface area (Å²) >= 11 is 0. The van der Waals surface area contributed by atoms with Gasteiger partial charge in [0.25, 0.3) is 0 Å². The molecule has 0 saturated heterocycles. The standard InChI is InChI=1S/C17H16FN7/c1-24-11-14(10-20-24)22-17-19-8-13-9-21-25(16(13)23-17)7-6-12-4-2-3-5-15(12)18/h2-5,8-11H,6-7H2,1H3,(H,19,22,23). The second kappa shape index (κ2) is 6.31. The highest BCUT2D eigenvalue weighted by Crippen LogP contribution is 2.16. The van der Waals surface area contributed by atoms with E-state index in [1.54, 1.807) is 40.1 Å². The predicted octanol–water partition coefficient (Wildman–Crippen LogP) is 2.69. The van der Waals surface area contributed by atoms with Gasteiger partial charge in [0.15, 0.2) is 5.65 Å². The highest BCUT2D eigenvalue weighted by atomic mass is 19.1. The SMILES string of the molecule is Cn1cc(Nc2ncc3cnn(CCc4ccccc4F)c3n2)cn1. The van der Waals surface area contributed by atoms with Crippen LogP contribution in [-0.4, -0.2) is 29.5 Å². The van der Waals surface area contributed by atoms with Crippen molar-refractivity contribution in [2.45, 2.75) is 13.0 Å². The van der Waals surface area contributed by atoms with Crippen LogP contribution >= 0.6 is 0 Å². The number of rotatable bonds is 5. The number of anilines is 2. The van der Waals surface area contributed by atoms with Gasteiger partial charge in [-0.25, -0.2) is 14.1 Å². The van der Waals surface area contributed by atoms with Crippen LogP contribution in [0.3, 0.4) is 0 Å². The van der Waals surface area contributed by atoms with Crippen LogP contribution in [0.1, 0.15) is 5.56 Å². The summed E-state index contributed by atoms with van der Waals surface area (Å²) < 4.78 is 17.2. The van der Waals surface area contributed by atoms with Crippen LogP contribution in [0, 0.1) is 5.82 Å². The molecule has 0 aliphatic heterocycles. The van der Waals surface area contributed by atoms with E-state index in [4.69, 9.17) is 0 Å². The first-order chi connectivity index (χ1) is 12.2. The molecule has 7 nitrogen and oxygen atoms in total. The van der Waals surface area contributed by atoms with Gasteiger partial charge in [0.1, 0.15) is 5.82 Å². The summed E-state index contributed by atoms with van der Waals surface area (Å²) in [5.74, 6) is 0.265. The molecule has 0 aliphatic carbocycles. The molecule has 1 N–H and O–H groups in total. The van der Waals surface area contributed by atoms with Gasteiger partial charge < -0.3 is 5.32 Å². The average Bonchev–Trinajstić information content (AvgIpc) is 3.20. The smallest absolute Gasteiger partial charge is 0.229 e. The molecule has 0 unspecified atom stereocenters. The number of nitrogens with zero attached hydrogens (tertiary/aromatic N) is 6. The van der Waals surface area contributed by atoms with Gasteiger partial charge in [0, 0.05) is 26.0 Å². The van der Waals surface area contributed by atoms with Crippen molar-refractivity contribution < 1.29 is 4.39 Å². The highest BCUT2D eigenvalue weighted by molar-refractivity contribution is 5.75. The zero-order valence-corrected chi connectivity index (χ0v) is 13.6. The summed E-state index contributed by atoms with van der Waals surface area (Å²) in [5.41, 5.74) is 2.17. The lowest BCUT2D eigenvalue weighted by Crippen LogP contribution is -2.06.